The molecule has 2 amide bonds. The molecular weight excluding hydrogens is 394 g/mol. The Kier molecular flexibility index (Phi) is 6.39. The van der Waals surface area contributed by atoms with Gasteiger partial charge in [0.25, 0.3) is 5.91 Å². The predicted molar refractivity (Wildman–Crippen MR) is 107 cm³/mol. The zero-order valence-corrected chi connectivity index (χ0v) is 17.3. The van der Waals surface area contributed by atoms with Gasteiger partial charge in [-0.3, -0.25) is 9.59 Å². The summed E-state index contributed by atoms with van der Waals surface area (Å²) in [7, 11) is -3.66. The molecule has 0 spiro atoms. The van der Waals surface area contributed by atoms with Crippen LogP contribution in [0.25, 0.3) is 0 Å². The first kappa shape index (κ1) is 21.1. The summed E-state index contributed by atoms with van der Waals surface area (Å²) >= 11 is 0. The quantitative estimate of drug-likeness (QED) is 0.663. The van der Waals surface area contributed by atoms with Crippen molar-refractivity contribution >= 4 is 21.8 Å². The molecule has 0 saturated carbocycles. The van der Waals surface area contributed by atoms with Gasteiger partial charge in [0, 0.05) is 19.6 Å². The molecule has 2 aromatic rings. The number of hydrogen-bond donors (Lipinski definition) is 2. The highest BCUT2D eigenvalue weighted by molar-refractivity contribution is 7.89. The Hall–Kier alpha value is -2.65. The van der Waals surface area contributed by atoms with Gasteiger partial charge in [0.05, 0.1) is 11.2 Å². The lowest BCUT2D eigenvalue weighted by atomic mass is 10.2. The molecule has 156 valence electrons. The second kappa shape index (κ2) is 8.79. The summed E-state index contributed by atoms with van der Waals surface area (Å²) in [6, 6.07) is 7.84. The smallest absolute Gasteiger partial charge is 0.290 e. The molecule has 2 heterocycles. The first-order chi connectivity index (χ1) is 13.8. The number of furan rings is 1. The number of benzene rings is 1. The van der Waals surface area contributed by atoms with Gasteiger partial charge in [-0.15, -0.1) is 0 Å². The van der Waals surface area contributed by atoms with Crippen molar-refractivity contribution in [3.63, 3.8) is 0 Å². The van der Waals surface area contributed by atoms with Gasteiger partial charge < -0.3 is 14.6 Å². The molecule has 2 N–H and O–H groups in total. The number of rotatable bonds is 7. The van der Waals surface area contributed by atoms with Crippen LogP contribution in [-0.4, -0.2) is 50.8 Å². The Bertz CT molecular complexity index is 986. The predicted octanol–water partition coefficient (Wildman–Crippen LogP) is 1.60. The monoisotopic (exact) mass is 419 g/mol. The van der Waals surface area contributed by atoms with Crippen molar-refractivity contribution in [3.8, 4) is 0 Å². The van der Waals surface area contributed by atoms with E-state index in [4.69, 9.17) is 4.42 Å². The van der Waals surface area contributed by atoms with E-state index in [0.29, 0.717) is 18.5 Å². The molecule has 1 aliphatic heterocycles. The maximum atomic E-state index is 12.5. The molecule has 1 saturated heterocycles. The molecule has 1 aromatic heterocycles. The van der Waals surface area contributed by atoms with E-state index in [-0.39, 0.29) is 35.6 Å². The number of hydrogen-bond acceptors (Lipinski definition) is 5. The standard InChI is InChI=1S/C20H25N3O5S/c1-14-7-8-15(2)18(13-14)29(26,27)22-10-9-21-19(24)16-5-3-11-23(16)20(25)17-6-4-12-28-17/h4,6-8,12-13,16,22H,3,5,9-11H2,1-2H3,(H,21,24)/t16-/m0/s1. The van der Waals surface area contributed by atoms with Crippen LogP contribution in [0, 0.1) is 13.8 Å². The Morgan fingerprint density at radius 1 is 1.21 bits per heavy atom. The normalized spacial score (nSPS) is 16.8. The van der Waals surface area contributed by atoms with E-state index in [1.165, 1.54) is 11.2 Å². The molecule has 1 fully saturated rings. The summed E-state index contributed by atoms with van der Waals surface area (Å²) in [4.78, 5) is 26.7. The number of nitrogens with one attached hydrogen (secondary N) is 2. The van der Waals surface area contributed by atoms with E-state index in [1.807, 2.05) is 13.0 Å². The lowest BCUT2D eigenvalue weighted by Gasteiger charge is -2.23. The average Bonchev–Trinajstić information content (AvgIpc) is 3.38. The molecule has 0 bridgehead atoms. The number of nitrogens with zero attached hydrogens (tertiary/aromatic N) is 1. The Morgan fingerprint density at radius 2 is 2.00 bits per heavy atom. The Morgan fingerprint density at radius 3 is 2.72 bits per heavy atom. The van der Waals surface area contributed by atoms with Crippen LogP contribution in [0.1, 0.15) is 34.5 Å². The number of carbonyl (C=O) groups is 2. The second-order valence-corrected chi connectivity index (χ2v) is 8.83. The number of amides is 2. The topological polar surface area (TPSA) is 109 Å². The van der Waals surface area contributed by atoms with Crippen molar-refractivity contribution in [1.82, 2.24) is 14.9 Å². The van der Waals surface area contributed by atoms with Gasteiger partial charge >= 0.3 is 0 Å². The Labute approximate surface area is 170 Å². The van der Waals surface area contributed by atoms with Crippen molar-refractivity contribution < 1.29 is 22.4 Å². The maximum Gasteiger partial charge on any atom is 0.290 e. The van der Waals surface area contributed by atoms with Crippen molar-refractivity contribution in [1.29, 1.82) is 0 Å². The third kappa shape index (κ3) is 4.86. The number of sulfonamides is 1. The van der Waals surface area contributed by atoms with E-state index in [9.17, 15) is 18.0 Å². The summed E-state index contributed by atoms with van der Waals surface area (Å²) < 4.78 is 32.6. The Balaban J connectivity index is 1.53. The van der Waals surface area contributed by atoms with Crippen molar-refractivity contribution in [3.05, 3.63) is 53.5 Å². The van der Waals surface area contributed by atoms with Gasteiger partial charge in [-0.25, -0.2) is 13.1 Å². The van der Waals surface area contributed by atoms with Crippen LogP contribution >= 0.6 is 0 Å². The first-order valence-electron chi connectivity index (χ1n) is 9.49. The highest BCUT2D eigenvalue weighted by Crippen LogP contribution is 2.20. The van der Waals surface area contributed by atoms with E-state index in [0.717, 1.165) is 12.0 Å². The van der Waals surface area contributed by atoms with Gasteiger partial charge in [-0.2, -0.15) is 0 Å². The molecule has 3 rings (SSSR count). The molecule has 0 radical (unpaired) electrons. The van der Waals surface area contributed by atoms with Gasteiger partial charge in [-0.05, 0) is 56.0 Å². The molecule has 0 unspecified atom stereocenters. The van der Waals surface area contributed by atoms with Crippen molar-refractivity contribution in [2.75, 3.05) is 19.6 Å². The minimum Gasteiger partial charge on any atom is -0.459 e. The number of aryl methyl sites for hydroxylation is 2. The van der Waals surface area contributed by atoms with Crippen LogP contribution in [0.4, 0.5) is 0 Å². The molecule has 29 heavy (non-hydrogen) atoms. The average molecular weight is 420 g/mol. The van der Waals surface area contributed by atoms with Crippen LogP contribution in [0.3, 0.4) is 0 Å². The van der Waals surface area contributed by atoms with Crippen LogP contribution in [0.5, 0.6) is 0 Å². The van der Waals surface area contributed by atoms with Gasteiger partial charge in [0.1, 0.15) is 6.04 Å². The second-order valence-electron chi connectivity index (χ2n) is 7.09. The minimum absolute atomic E-state index is 0.0559. The molecule has 1 atom stereocenters. The van der Waals surface area contributed by atoms with Crippen molar-refractivity contribution in [2.45, 2.75) is 37.6 Å². The minimum atomic E-state index is -3.66. The fraction of sp³-hybridized carbons (Fsp3) is 0.400. The maximum absolute atomic E-state index is 12.5. The highest BCUT2D eigenvalue weighted by atomic mass is 32.2. The molecular formula is C20H25N3O5S. The highest BCUT2D eigenvalue weighted by Gasteiger charge is 2.35. The molecule has 8 nitrogen and oxygen atoms in total. The van der Waals surface area contributed by atoms with Gasteiger partial charge in [0.15, 0.2) is 5.76 Å². The van der Waals surface area contributed by atoms with Crippen molar-refractivity contribution in [2.24, 2.45) is 0 Å². The van der Waals surface area contributed by atoms with E-state index < -0.39 is 16.1 Å². The molecule has 0 aliphatic carbocycles. The SMILES string of the molecule is Cc1ccc(C)c(S(=O)(=O)NCCNC(=O)[C@@H]2CCCN2C(=O)c2ccco2)c1. The van der Waals surface area contributed by atoms with Crippen LogP contribution in [0.2, 0.25) is 0 Å². The van der Waals surface area contributed by atoms with Crippen LogP contribution in [0.15, 0.2) is 45.9 Å². The van der Waals surface area contributed by atoms with E-state index in [1.54, 1.807) is 31.2 Å². The summed E-state index contributed by atoms with van der Waals surface area (Å²) in [5.74, 6) is -0.414. The molecule has 9 heteroatoms. The summed E-state index contributed by atoms with van der Waals surface area (Å²) in [6.45, 7) is 4.23. The summed E-state index contributed by atoms with van der Waals surface area (Å²) in [5.41, 5.74) is 1.51. The fourth-order valence-corrected chi connectivity index (χ4v) is 4.75. The van der Waals surface area contributed by atoms with E-state index in [2.05, 4.69) is 10.0 Å². The molecule has 1 aliphatic rings. The van der Waals surface area contributed by atoms with Crippen LogP contribution in [-0.2, 0) is 14.8 Å². The lowest BCUT2D eigenvalue weighted by Crippen LogP contribution is -2.47. The third-order valence-corrected chi connectivity index (χ3v) is 6.50. The lowest BCUT2D eigenvalue weighted by molar-refractivity contribution is -0.124. The largest absolute Gasteiger partial charge is 0.459 e. The fourth-order valence-electron chi connectivity index (χ4n) is 3.39. The van der Waals surface area contributed by atoms with E-state index >= 15 is 0 Å². The zero-order valence-electron chi connectivity index (χ0n) is 16.5. The summed E-state index contributed by atoms with van der Waals surface area (Å²) in [6.07, 6.45) is 2.71. The number of carbonyl (C=O) groups excluding carboxylic acids is 2. The molecule has 1 aromatic carbocycles. The zero-order chi connectivity index (χ0) is 21.0. The number of likely N-dealkylation sites (tertiary alicyclic amines) is 1. The first-order valence-corrected chi connectivity index (χ1v) is 11.0. The summed E-state index contributed by atoms with van der Waals surface area (Å²) in [5, 5.41) is 2.71. The van der Waals surface area contributed by atoms with Gasteiger partial charge in [0.2, 0.25) is 15.9 Å². The van der Waals surface area contributed by atoms with Crippen LogP contribution < -0.4 is 10.0 Å². The third-order valence-electron chi connectivity index (χ3n) is 4.90. The van der Waals surface area contributed by atoms with Gasteiger partial charge in [-0.1, -0.05) is 12.1 Å².